The summed E-state index contributed by atoms with van der Waals surface area (Å²) < 4.78 is 46.1. The monoisotopic (exact) mass is 375 g/mol. The maximum absolute atomic E-state index is 13.0. The highest BCUT2D eigenvalue weighted by molar-refractivity contribution is 5.83. The molecular formula is C19H16F3N3O2. The van der Waals surface area contributed by atoms with Crippen LogP contribution in [0.4, 0.5) is 13.2 Å². The topological polar surface area (TPSA) is 47.4 Å². The summed E-state index contributed by atoms with van der Waals surface area (Å²) in [6, 6.07) is 11.8. The molecule has 140 valence electrons. The zero-order valence-electron chi connectivity index (χ0n) is 14.2. The van der Waals surface area contributed by atoms with Crippen LogP contribution in [0.2, 0.25) is 0 Å². The molecule has 1 amide bonds. The molecule has 1 saturated heterocycles. The van der Waals surface area contributed by atoms with Crippen LogP contribution in [0.25, 0.3) is 10.9 Å². The first kappa shape index (κ1) is 17.4. The highest BCUT2D eigenvalue weighted by Crippen LogP contribution is 2.35. The van der Waals surface area contributed by atoms with Crippen LogP contribution >= 0.6 is 0 Å². The normalized spacial score (nSPS) is 15.0. The largest absolute Gasteiger partial charge is 0.470 e. The molecular weight excluding hydrogens is 359 g/mol. The average molecular weight is 375 g/mol. The van der Waals surface area contributed by atoms with E-state index in [0.717, 1.165) is 17.0 Å². The number of halogens is 3. The summed E-state index contributed by atoms with van der Waals surface area (Å²) in [4.78, 5) is 17.7. The van der Waals surface area contributed by atoms with Crippen molar-refractivity contribution in [2.45, 2.75) is 18.8 Å². The van der Waals surface area contributed by atoms with E-state index in [4.69, 9.17) is 4.74 Å². The molecule has 2 aromatic heterocycles. The van der Waals surface area contributed by atoms with E-state index in [1.54, 1.807) is 4.90 Å². The third-order valence-electron chi connectivity index (χ3n) is 4.54. The Labute approximate surface area is 153 Å². The minimum absolute atomic E-state index is 0.103. The van der Waals surface area contributed by atoms with Gasteiger partial charge < -0.3 is 14.2 Å². The van der Waals surface area contributed by atoms with Gasteiger partial charge in [-0.05, 0) is 29.7 Å². The standard InChI is InChI=1S/C19H16F3N3O2/c20-19(21,22)15-5-3-8-23-18(15)27-14-10-25(11-14)17(26)12-24-9-7-13-4-1-2-6-16(13)24/h1-9,14H,10-12H2. The SMILES string of the molecule is O=C(Cn1ccc2ccccc21)N1CC(Oc2ncccc2C(F)(F)F)C1. The Hall–Kier alpha value is -3.03. The quantitative estimate of drug-likeness (QED) is 0.703. The molecule has 1 fully saturated rings. The maximum Gasteiger partial charge on any atom is 0.421 e. The third kappa shape index (κ3) is 3.47. The van der Waals surface area contributed by atoms with Crippen molar-refractivity contribution in [2.24, 2.45) is 0 Å². The van der Waals surface area contributed by atoms with E-state index in [1.807, 2.05) is 41.1 Å². The number of para-hydroxylation sites is 1. The first-order valence-electron chi connectivity index (χ1n) is 8.42. The van der Waals surface area contributed by atoms with Crippen LogP contribution in [0.1, 0.15) is 5.56 Å². The lowest BCUT2D eigenvalue weighted by atomic mass is 10.1. The van der Waals surface area contributed by atoms with E-state index in [9.17, 15) is 18.0 Å². The highest BCUT2D eigenvalue weighted by atomic mass is 19.4. The van der Waals surface area contributed by atoms with Crippen molar-refractivity contribution < 1.29 is 22.7 Å². The van der Waals surface area contributed by atoms with Gasteiger partial charge in [-0.1, -0.05) is 18.2 Å². The van der Waals surface area contributed by atoms with Crippen molar-refractivity contribution in [3.8, 4) is 5.88 Å². The molecule has 1 aromatic carbocycles. The second-order valence-electron chi connectivity index (χ2n) is 6.39. The minimum atomic E-state index is -4.53. The van der Waals surface area contributed by atoms with Crippen molar-refractivity contribution >= 4 is 16.8 Å². The summed E-state index contributed by atoms with van der Waals surface area (Å²) >= 11 is 0. The summed E-state index contributed by atoms with van der Waals surface area (Å²) in [5.41, 5.74) is 0.0519. The van der Waals surface area contributed by atoms with Gasteiger partial charge in [-0.15, -0.1) is 0 Å². The van der Waals surface area contributed by atoms with Gasteiger partial charge in [0.05, 0.1) is 13.1 Å². The Bertz CT molecular complexity index is 977. The van der Waals surface area contributed by atoms with Gasteiger partial charge in [-0.3, -0.25) is 4.79 Å². The second-order valence-corrected chi connectivity index (χ2v) is 6.39. The summed E-state index contributed by atoms with van der Waals surface area (Å²) in [6.07, 6.45) is -1.92. The number of fused-ring (bicyclic) bond motifs is 1. The van der Waals surface area contributed by atoms with E-state index in [0.29, 0.717) is 0 Å². The number of aromatic nitrogens is 2. The van der Waals surface area contributed by atoms with Gasteiger partial charge in [-0.25, -0.2) is 4.98 Å². The van der Waals surface area contributed by atoms with Crippen LogP contribution in [0, 0.1) is 0 Å². The average Bonchev–Trinajstić information content (AvgIpc) is 3.00. The lowest BCUT2D eigenvalue weighted by Gasteiger charge is -2.39. The first-order chi connectivity index (χ1) is 12.9. The van der Waals surface area contributed by atoms with Gasteiger partial charge in [-0.2, -0.15) is 13.2 Å². The highest BCUT2D eigenvalue weighted by Gasteiger charge is 2.38. The molecule has 3 heterocycles. The Morgan fingerprint density at radius 1 is 1.15 bits per heavy atom. The van der Waals surface area contributed by atoms with Gasteiger partial charge in [0.15, 0.2) is 0 Å². The zero-order valence-corrected chi connectivity index (χ0v) is 14.2. The van der Waals surface area contributed by atoms with Gasteiger partial charge >= 0.3 is 6.18 Å². The Kier molecular flexibility index (Phi) is 4.25. The molecule has 1 aliphatic rings. The van der Waals surface area contributed by atoms with Crippen molar-refractivity contribution in [2.75, 3.05) is 13.1 Å². The molecule has 0 N–H and O–H groups in total. The number of carbonyl (C=O) groups is 1. The molecule has 0 unspecified atom stereocenters. The molecule has 5 nitrogen and oxygen atoms in total. The number of nitrogens with zero attached hydrogens (tertiary/aromatic N) is 3. The van der Waals surface area contributed by atoms with E-state index in [-0.39, 0.29) is 25.5 Å². The van der Waals surface area contributed by atoms with Crippen LogP contribution in [-0.4, -0.2) is 39.6 Å². The fourth-order valence-electron chi connectivity index (χ4n) is 3.10. The maximum atomic E-state index is 13.0. The number of likely N-dealkylation sites (tertiary alicyclic amines) is 1. The van der Waals surface area contributed by atoms with Crippen LogP contribution < -0.4 is 4.74 Å². The molecule has 3 aromatic rings. The Balaban J connectivity index is 1.37. The van der Waals surface area contributed by atoms with Crippen LogP contribution in [-0.2, 0) is 17.5 Å². The van der Waals surface area contributed by atoms with Gasteiger partial charge in [0, 0.05) is 17.9 Å². The fraction of sp³-hybridized carbons (Fsp3) is 0.263. The second kappa shape index (κ2) is 6.61. The Morgan fingerprint density at radius 2 is 1.93 bits per heavy atom. The van der Waals surface area contributed by atoms with E-state index >= 15 is 0 Å². The molecule has 0 atom stereocenters. The zero-order chi connectivity index (χ0) is 19.0. The molecule has 1 aliphatic heterocycles. The number of benzene rings is 1. The molecule has 0 radical (unpaired) electrons. The lowest BCUT2D eigenvalue weighted by Crippen LogP contribution is -2.57. The smallest absolute Gasteiger partial charge is 0.421 e. The van der Waals surface area contributed by atoms with Gasteiger partial charge in [0.1, 0.15) is 18.2 Å². The van der Waals surface area contributed by atoms with Crippen LogP contribution in [0.3, 0.4) is 0 Å². The van der Waals surface area contributed by atoms with E-state index < -0.39 is 23.7 Å². The van der Waals surface area contributed by atoms with E-state index in [2.05, 4.69) is 4.98 Å². The van der Waals surface area contributed by atoms with Gasteiger partial charge in [0.2, 0.25) is 11.8 Å². The van der Waals surface area contributed by atoms with Crippen molar-refractivity contribution in [1.82, 2.24) is 14.5 Å². The van der Waals surface area contributed by atoms with Crippen molar-refractivity contribution in [3.63, 3.8) is 0 Å². The molecule has 4 rings (SSSR count). The van der Waals surface area contributed by atoms with E-state index in [1.165, 1.54) is 12.3 Å². The first-order valence-corrected chi connectivity index (χ1v) is 8.42. The summed E-state index contributed by atoms with van der Waals surface area (Å²) in [5, 5.41) is 1.05. The molecule has 27 heavy (non-hydrogen) atoms. The number of amides is 1. The number of carbonyl (C=O) groups excluding carboxylic acids is 1. The summed E-state index contributed by atoms with van der Waals surface area (Å²) in [6.45, 7) is 0.662. The fourth-order valence-corrected chi connectivity index (χ4v) is 3.10. The number of rotatable bonds is 4. The number of ether oxygens (including phenoxy) is 1. The molecule has 0 spiro atoms. The van der Waals surface area contributed by atoms with Crippen molar-refractivity contribution in [1.29, 1.82) is 0 Å². The molecule has 0 aliphatic carbocycles. The van der Waals surface area contributed by atoms with Gasteiger partial charge in [0.25, 0.3) is 0 Å². The number of pyridine rings is 1. The number of hydrogen-bond donors (Lipinski definition) is 0. The predicted molar refractivity (Wildman–Crippen MR) is 92.2 cm³/mol. The summed E-state index contributed by atoms with van der Waals surface area (Å²) in [7, 11) is 0. The molecule has 8 heteroatoms. The lowest BCUT2D eigenvalue weighted by molar-refractivity contribution is -0.145. The number of hydrogen-bond acceptors (Lipinski definition) is 3. The Morgan fingerprint density at radius 3 is 2.70 bits per heavy atom. The summed E-state index contributed by atoms with van der Waals surface area (Å²) in [5.74, 6) is -0.549. The van der Waals surface area contributed by atoms with Crippen LogP contribution in [0.5, 0.6) is 5.88 Å². The minimum Gasteiger partial charge on any atom is -0.470 e. The third-order valence-corrected chi connectivity index (χ3v) is 4.54. The number of alkyl halides is 3. The predicted octanol–water partition coefficient (Wildman–Crippen LogP) is 3.34. The molecule has 0 bridgehead atoms. The molecule has 0 saturated carbocycles. The van der Waals surface area contributed by atoms with Crippen molar-refractivity contribution in [3.05, 3.63) is 60.4 Å². The van der Waals surface area contributed by atoms with Crippen LogP contribution in [0.15, 0.2) is 54.9 Å².